The number of nitriles is 2. The summed E-state index contributed by atoms with van der Waals surface area (Å²) in [6.07, 6.45) is 2.43. The van der Waals surface area contributed by atoms with Crippen LogP contribution >= 0.6 is 11.3 Å². The van der Waals surface area contributed by atoms with Gasteiger partial charge in [-0.2, -0.15) is 10.5 Å². The highest BCUT2D eigenvalue weighted by Crippen LogP contribution is 2.04. The quantitative estimate of drug-likeness (QED) is 0.769. The molecule has 1 aromatic carbocycles. The first kappa shape index (κ1) is 17.7. The van der Waals surface area contributed by atoms with Gasteiger partial charge < -0.3 is 4.74 Å². The number of hydrogen-bond acceptors (Lipinski definition) is 5. The minimum atomic E-state index is -0.185. The Hall–Kier alpha value is -2.67. The van der Waals surface area contributed by atoms with Crippen LogP contribution in [0.1, 0.15) is 17.5 Å². The smallest absolute Gasteiger partial charge is 0.269 e. The zero-order valence-corrected chi connectivity index (χ0v) is 14.4. The summed E-state index contributed by atoms with van der Waals surface area (Å²) >= 11 is 1.17. The summed E-state index contributed by atoms with van der Waals surface area (Å²) in [5, 5.41) is 18.3. The fraction of sp³-hybridized carbons (Fsp3) is 0.278. The van der Waals surface area contributed by atoms with Gasteiger partial charge in [0.05, 0.1) is 4.53 Å². The van der Waals surface area contributed by atoms with Gasteiger partial charge >= 0.3 is 0 Å². The molecule has 0 fully saturated rings. The first-order valence-electron chi connectivity index (χ1n) is 7.42. The Morgan fingerprint density at radius 1 is 1.38 bits per heavy atom. The summed E-state index contributed by atoms with van der Waals surface area (Å²) in [7, 11) is 1.59. The molecule has 0 radical (unpaired) electrons. The minimum Gasteiger partial charge on any atom is -0.385 e. The maximum absolute atomic E-state index is 12.7. The highest BCUT2D eigenvalue weighted by molar-refractivity contribution is 7.07. The summed E-state index contributed by atoms with van der Waals surface area (Å²) in [6, 6.07) is 11.6. The molecule has 0 atom stereocenters. The molecule has 1 heterocycles. The molecule has 0 bridgehead atoms. The van der Waals surface area contributed by atoms with E-state index in [1.807, 2.05) is 43.3 Å². The van der Waals surface area contributed by atoms with E-state index in [4.69, 9.17) is 15.3 Å². The lowest BCUT2D eigenvalue weighted by atomic mass is 10.1. The molecule has 6 heteroatoms. The standard InChI is InChI=1S/C18H17N3O2S/c1-13-5-3-6-14(9-13)10-16-17(22)21(7-4-8-23-2)18(24-16)15(11-19)12-20/h3,5-6,9-10H,4,7-8H2,1-2H3. The van der Waals surface area contributed by atoms with Crippen molar-refractivity contribution >= 4 is 23.0 Å². The zero-order valence-electron chi connectivity index (χ0n) is 13.6. The van der Waals surface area contributed by atoms with Crippen molar-refractivity contribution in [2.24, 2.45) is 0 Å². The molecule has 0 spiro atoms. The monoisotopic (exact) mass is 339 g/mol. The highest BCUT2D eigenvalue weighted by atomic mass is 32.1. The molecule has 0 amide bonds. The third kappa shape index (κ3) is 3.99. The lowest BCUT2D eigenvalue weighted by Crippen LogP contribution is -2.32. The fourth-order valence-electron chi connectivity index (χ4n) is 2.31. The summed E-state index contributed by atoms with van der Waals surface area (Å²) in [5.74, 6) is 0. The Morgan fingerprint density at radius 2 is 2.12 bits per heavy atom. The van der Waals surface area contributed by atoms with E-state index in [0.29, 0.717) is 28.8 Å². The van der Waals surface area contributed by atoms with Crippen molar-refractivity contribution in [3.05, 3.63) is 54.9 Å². The average Bonchev–Trinajstić information content (AvgIpc) is 2.86. The molecular formula is C18H17N3O2S. The zero-order chi connectivity index (χ0) is 17.5. The largest absolute Gasteiger partial charge is 0.385 e. The summed E-state index contributed by atoms with van der Waals surface area (Å²) < 4.78 is 7.42. The van der Waals surface area contributed by atoms with Crippen LogP contribution in [0.2, 0.25) is 0 Å². The SMILES string of the molecule is COCCCn1c(=C(C#N)C#N)sc(=Cc2cccc(C)c2)c1=O. The van der Waals surface area contributed by atoms with Gasteiger partial charge in [-0.3, -0.25) is 9.36 Å². The number of benzene rings is 1. The molecule has 2 aromatic rings. The van der Waals surface area contributed by atoms with Crippen LogP contribution < -0.4 is 14.8 Å². The Morgan fingerprint density at radius 3 is 2.75 bits per heavy atom. The Labute approximate surface area is 144 Å². The van der Waals surface area contributed by atoms with E-state index in [1.165, 1.54) is 15.9 Å². The van der Waals surface area contributed by atoms with Crippen molar-refractivity contribution in [3.63, 3.8) is 0 Å². The maximum Gasteiger partial charge on any atom is 0.269 e. The van der Waals surface area contributed by atoms with Crippen molar-refractivity contribution in [1.29, 1.82) is 10.5 Å². The Bertz CT molecular complexity index is 971. The third-order valence-corrected chi connectivity index (χ3v) is 4.55. The van der Waals surface area contributed by atoms with Gasteiger partial charge in [-0.25, -0.2) is 0 Å². The highest BCUT2D eigenvalue weighted by Gasteiger charge is 2.09. The Kier molecular flexibility index (Phi) is 6.08. The van der Waals surface area contributed by atoms with Gasteiger partial charge in [0.2, 0.25) is 0 Å². The number of aryl methyl sites for hydroxylation is 1. The maximum atomic E-state index is 12.7. The van der Waals surface area contributed by atoms with E-state index in [-0.39, 0.29) is 11.1 Å². The second-order valence-electron chi connectivity index (χ2n) is 5.23. The van der Waals surface area contributed by atoms with Crippen LogP contribution in [0.3, 0.4) is 0 Å². The van der Waals surface area contributed by atoms with Gasteiger partial charge in [-0.1, -0.05) is 29.8 Å². The topological polar surface area (TPSA) is 78.8 Å². The molecular weight excluding hydrogens is 322 g/mol. The van der Waals surface area contributed by atoms with Crippen molar-refractivity contribution in [3.8, 4) is 12.1 Å². The number of rotatable bonds is 5. The first-order valence-corrected chi connectivity index (χ1v) is 8.24. The van der Waals surface area contributed by atoms with E-state index < -0.39 is 0 Å². The number of aromatic nitrogens is 1. The summed E-state index contributed by atoms with van der Waals surface area (Å²) in [5.41, 5.74) is 1.79. The number of nitrogens with zero attached hydrogens (tertiary/aromatic N) is 3. The minimum absolute atomic E-state index is 0.0431. The van der Waals surface area contributed by atoms with Gasteiger partial charge in [-0.05, 0) is 25.0 Å². The average molecular weight is 339 g/mol. The molecule has 2 rings (SSSR count). The molecule has 0 saturated heterocycles. The van der Waals surface area contributed by atoms with Crippen LogP contribution in [-0.4, -0.2) is 18.3 Å². The summed E-state index contributed by atoms with van der Waals surface area (Å²) in [6.45, 7) is 2.90. The molecule has 0 aliphatic rings. The first-order chi connectivity index (χ1) is 11.6. The van der Waals surface area contributed by atoms with E-state index in [9.17, 15) is 4.79 Å². The molecule has 0 N–H and O–H groups in total. The van der Waals surface area contributed by atoms with E-state index >= 15 is 0 Å². The van der Waals surface area contributed by atoms with E-state index in [1.54, 1.807) is 13.2 Å². The van der Waals surface area contributed by atoms with Crippen LogP contribution in [0.5, 0.6) is 0 Å². The molecule has 1 aromatic heterocycles. The molecule has 5 nitrogen and oxygen atoms in total. The van der Waals surface area contributed by atoms with Crippen molar-refractivity contribution in [2.75, 3.05) is 13.7 Å². The van der Waals surface area contributed by atoms with Crippen LogP contribution in [0.4, 0.5) is 0 Å². The van der Waals surface area contributed by atoms with Crippen LogP contribution in [0, 0.1) is 29.6 Å². The van der Waals surface area contributed by atoms with Gasteiger partial charge in [0.25, 0.3) is 5.56 Å². The van der Waals surface area contributed by atoms with E-state index in [0.717, 1.165) is 11.1 Å². The van der Waals surface area contributed by atoms with Crippen LogP contribution in [0.25, 0.3) is 11.6 Å². The predicted octanol–water partition coefficient (Wildman–Crippen LogP) is 1.28. The van der Waals surface area contributed by atoms with Gasteiger partial charge in [0.1, 0.15) is 16.8 Å². The summed E-state index contributed by atoms with van der Waals surface area (Å²) in [4.78, 5) is 12.7. The number of thiazole rings is 1. The number of methoxy groups -OCH3 is 1. The normalized spacial score (nSPS) is 11.1. The number of hydrogen-bond donors (Lipinski definition) is 0. The van der Waals surface area contributed by atoms with Crippen LogP contribution in [0.15, 0.2) is 29.1 Å². The molecule has 122 valence electrons. The molecule has 0 saturated carbocycles. The van der Waals surface area contributed by atoms with Crippen LogP contribution in [-0.2, 0) is 11.3 Å². The molecule has 24 heavy (non-hydrogen) atoms. The lowest BCUT2D eigenvalue weighted by molar-refractivity contribution is 0.190. The van der Waals surface area contributed by atoms with Crippen molar-refractivity contribution in [2.45, 2.75) is 19.9 Å². The lowest BCUT2D eigenvalue weighted by Gasteiger charge is -2.01. The van der Waals surface area contributed by atoms with Gasteiger partial charge in [-0.15, -0.1) is 11.3 Å². The third-order valence-electron chi connectivity index (χ3n) is 3.42. The Balaban J connectivity index is 2.66. The second-order valence-corrected chi connectivity index (χ2v) is 6.26. The molecule has 0 unspecified atom stereocenters. The van der Waals surface area contributed by atoms with Crippen molar-refractivity contribution in [1.82, 2.24) is 4.57 Å². The molecule has 0 aliphatic heterocycles. The number of ether oxygens (including phenoxy) is 1. The van der Waals surface area contributed by atoms with Gasteiger partial charge in [0.15, 0.2) is 5.57 Å². The van der Waals surface area contributed by atoms with Gasteiger partial charge in [0, 0.05) is 20.3 Å². The van der Waals surface area contributed by atoms with Crippen molar-refractivity contribution < 1.29 is 4.74 Å². The molecule has 0 aliphatic carbocycles. The fourth-order valence-corrected chi connectivity index (χ4v) is 3.39. The second kappa shape index (κ2) is 8.26. The van der Waals surface area contributed by atoms with E-state index in [2.05, 4.69) is 0 Å². The predicted molar refractivity (Wildman–Crippen MR) is 93.7 cm³/mol.